The number of thiophene rings is 1. The maximum Gasteiger partial charge on any atom is 0.144 e. The summed E-state index contributed by atoms with van der Waals surface area (Å²) in [4.78, 5) is 7.11. The molecule has 3 heteroatoms. The summed E-state index contributed by atoms with van der Waals surface area (Å²) in [6, 6.07) is 13.0. The van der Waals surface area contributed by atoms with E-state index < -0.39 is 0 Å². The number of aryl methyl sites for hydroxylation is 1. The van der Waals surface area contributed by atoms with Gasteiger partial charge in [0.2, 0.25) is 0 Å². The smallest absolute Gasteiger partial charge is 0.144 e. The molecule has 0 spiro atoms. The summed E-state index contributed by atoms with van der Waals surface area (Å²) < 4.78 is 2.06. The second-order valence-electron chi connectivity index (χ2n) is 4.65. The first-order valence-electron chi connectivity index (χ1n) is 6.24. The molecule has 3 heterocycles. The van der Waals surface area contributed by atoms with Gasteiger partial charge >= 0.3 is 0 Å². The Bertz CT molecular complexity index is 886. The fourth-order valence-corrected chi connectivity index (χ4v) is 3.44. The van der Waals surface area contributed by atoms with Crippen LogP contribution in [0.3, 0.4) is 0 Å². The van der Waals surface area contributed by atoms with Crippen molar-refractivity contribution in [1.82, 2.24) is 9.38 Å². The van der Waals surface area contributed by atoms with Crippen LogP contribution in [0.5, 0.6) is 0 Å². The number of aromatic nitrogens is 2. The van der Waals surface area contributed by atoms with Gasteiger partial charge in [0.05, 0.1) is 0 Å². The van der Waals surface area contributed by atoms with Gasteiger partial charge in [-0.25, -0.2) is 4.98 Å². The Balaban J connectivity index is 2.11. The van der Waals surface area contributed by atoms with Crippen LogP contribution in [-0.4, -0.2) is 9.38 Å². The summed E-state index contributed by atoms with van der Waals surface area (Å²) in [5.74, 6) is 0. The van der Waals surface area contributed by atoms with Gasteiger partial charge in [-0.2, -0.15) is 0 Å². The summed E-state index contributed by atoms with van der Waals surface area (Å²) in [6.45, 7) is 2.14. The molecule has 0 radical (unpaired) electrons. The second kappa shape index (κ2) is 3.93. The summed E-state index contributed by atoms with van der Waals surface area (Å²) in [6.07, 6.45) is 5.90. The van der Waals surface area contributed by atoms with Gasteiger partial charge in [-0.1, -0.05) is 18.2 Å². The van der Waals surface area contributed by atoms with E-state index in [1.807, 2.05) is 23.7 Å². The van der Waals surface area contributed by atoms with Crippen molar-refractivity contribution < 1.29 is 0 Å². The summed E-state index contributed by atoms with van der Waals surface area (Å²) in [7, 11) is 0. The molecule has 1 aromatic carbocycles. The zero-order valence-electron chi connectivity index (χ0n) is 10.5. The highest BCUT2D eigenvalue weighted by Gasteiger charge is 2.08. The predicted octanol–water partition coefficient (Wildman–Crippen LogP) is 4.52. The van der Waals surface area contributed by atoms with Crippen LogP contribution in [0.1, 0.15) is 4.88 Å². The fourth-order valence-electron chi connectivity index (χ4n) is 2.53. The molecular formula is C16H12N2S. The van der Waals surface area contributed by atoms with Crippen molar-refractivity contribution in [1.29, 1.82) is 0 Å². The lowest BCUT2D eigenvalue weighted by Gasteiger charge is -2.06. The molecule has 0 saturated heterocycles. The zero-order chi connectivity index (χ0) is 12.8. The first-order chi connectivity index (χ1) is 9.33. The molecular weight excluding hydrogens is 252 g/mol. The van der Waals surface area contributed by atoms with Crippen LogP contribution in [-0.2, 0) is 0 Å². The van der Waals surface area contributed by atoms with Gasteiger partial charge in [0.1, 0.15) is 5.65 Å². The van der Waals surface area contributed by atoms with Crippen molar-refractivity contribution in [3.05, 3.63) is 59.9 Å². The summed E-state index contributed by atoms with van der Waals surface area (Å²) >= 11 is 1.84. The number of benzene rings is 1. The molecule has 0 saturated carbocycles. The lowest BCUT2D eigenvalue weighted by molar-refractivity contribution is 1.20. The number of nitrogens with zero attached hydrogens (tertiary/aromatic N) is 2. The molecule has 0 unspecified atom stereocenters. The molecule has 0 bridgehead atoms. The Hall–Kier alpha value is -2.13. The molecule has 0 N–H and O–H groups in total. The van der Waals surface area contributed by atoms with Crippen LogP contribution >= 0.6 is 11.3 Å². The van der Waals surface area contributed by atoms with Gasteiger partial charge < -0.3 is 4.40 Å². The van der Waals surface area contributed by atoms with Gasteiger partial charge in [-0.3, -0.25) is 0 Å². The highest BCUT2D eigenvalue weighted by atomic mass is 32.1. The monoisotopic (exact) mass is 264 g/mol. The summed E-state index contributed by atoms with van der Waals surface area (Å²) in [5, 5.41) is 2.47. The third-order valence-corrected chi connectivity index (χ3v) is 4.46. The van der Waals surface area contributed by atoms with E-state index in [-0.39, 0.29) is 0 Å². The molecule has 0 atom stereocenters. The lowest BCUT2D eigenvalue weighted by Crippen LogP contribution is -1.86. The number of imidazole rings is 1. The standard InChI is InChI=1S/C16H12N2S/c1-11-5-6-15(19-11)13-3-2-4-14-12(13)7-9-18-10-8-17-16(14)18/h2-10H,1H3. The molecule has 2 nitrogen and oxygen atoms in total. The first kappa shape index (κ1) is 10.8. The average Bonchev–Trinajstić information content (AvgIpc) is 3.06. The molecule has 19 heavy (non-hydrogen) atoms. The first-order valence-corrected chi connectivity index (χ1v) is 7.06. The zero-order valence-corrected chi connectivity index (χ0v) is 11.3. The number of hydrogen-bond donors (Lipinski definition) is 0. The lowest BCUT2D eigenvalue weighted by atomic mass is 10.0. The van der Waals surface area contributed by atoms with Crippen molar-refractivity contribution in [2.24, 2.45) is 0 Å². The number of hydrogen-bond acceptors (Lipinski definition) is 2. The SMILES string of the molecule is Cc1ccc(-c2cccc3c2ccn2ccnc32)s1. The third-order valence-electron chi connectivity index (χ3n) is 3.42. The Labute approximate surface area is 115 Å². The highest BCUT2D eigenvalue weighted by molar-refractivity contribution is 7.15. The minimum Gasteiger partial charge on any atom is -0.307 e. The van der Waals surface area contributed by atoms with Gasteiger partial charge in [-0.05, 0) is 36.1 Å². The predicted molar refractivity (Wildman–Crippen MR) is 80.7 cm³/mol. The van der Waals surface area contributed by atoms with Crippen molar-refractivity contribution in [3.63, 3.8) is 0 Å². The van der Waals surface area contributed by atoms with E-state index in [1.165, 1.54) is 26.1 Å². The van der Waals surface area contributed by atoms with E-state index >= 15 is 0 Å². The fraction of sp³-hybridized carbons (Fsp3) is 0.0625. The molecule has 0 aliphatic heterocycles. The Morgan fingerprint density at radius 2 is 1.95 bits per heavy atom. The second-order valence-corrected chi connectivity index (χ2v) is 5.94. The van der Waals surface area contributed by atoms with Crippen LogP contribution in [0.2, 0.25) is 0 Å². The molecule has 0 aliphatic carbocycles. The van der Waals surface area contributed by atoms with E-state index in [4.69, 9.17) is 0 Å². The van der Waals surface area contributed by atoms with Gasteiger partial charge in [0, 0.05) is 33.7 Å². The topological polar surface area (TPSA) is 17.3 Å². The van der Waals surface area contributed by atoms with Crippen molar-refractivity contribution in [2.45, 2.75) is 6.92 Å². The van der Waals surface area contributed by atoms with E-state index in [0.717, 1.165) is 5.65 Å². The largest absolute Gasteiger partial charge is 0.307 e. The van der Waals surface area contributed by atoms with Gasteiger partial charge in [0.25, 0.3) is 0 Å². The highest BCUT2D eigenvalue weighted by Crippen LogP contribution is 2.34. The Morgan fingerprint density at radius 1 is 1.00 bits per heavy atom. The van der Waals surface area contributed by atoms with Crippen LogP contribution in [0.4, 0.5) is 0 Å². The maximum atomic E-state index is 4.45. The van der Waals surface area contributed by atoms with Gasteiger partial charge in [0.15, 0.2) is 0 Å². The molecule has 0 aliphatic rings. The molecule has 4 aromatic rings. The normalized spacial score (nSPS) is 11.4. The maximum absolute atomic E-state index is 4.45. The molecule has 92 valence electrons. The van der Waals surface area contributed by atoms with Crippen LogP contribution < -0.4 is 0 Å². The van der Waals surface area contributed by atoms with Crippen molar-refractivity contribution in [3.8, 4) is 10.4 Å². The number of pyridine rings is 1. The molecule has 3 aromatic heterocycles. The van der Waals surface area contributed by atoms with E-state index in [2.05, 4.69) is 58.9 Å². The Kier molecular flexibility index (Phi) is 2.23. The molecule has 0 amide bonds. The summed E-state index contributed by atoms with van der Waals surface area (Å²) in [5.41, 5.74) is 2.31. The van der Waals surface area contributed by atoms with Crippen LogP contribution in [0.15, 0.2) is 55.0 Å². The van der Waals surface area contributed by atoms with Crippen LogP contribution in [0, 0.1) is 6.92 Å². The quantitative estimate of drug-likeness (QED) is 0.494. The Morgan fingerprint density at radius 3 is 2.79 bits per heavy atom. The molecule has 4 rings (SSSR count). The van der Waals surface area contributed by atoms with E-state index in [1.54, 1.807) is 0 Å². The van der Waals surface area contributed by atoms with E-state index in [9.17, 15) is 0 Å². The van der Waals surface area contributed by atoms with Crippen molar-refractivity contribution >= 4 is 27.8 Å². The minimum absolute atomic E-state index is 1.02. The number of rotatable bonds is 1. The molecule has 0 fully saturated rings. The van der Waals surface area contributed by atoms with Gasteiger partial charge in [-0.15, -0.1) is 11.3 Å². The van der Waals surface area contributed by atoms with Crippen LogP contribution in [0.25, 0.3) is 26.9 Å². The average molecular weight is 264 g/mol. The van der Waals surface area contributed by atoms with E-state index in [0.29, 0.717) is 0 Å². The number of fused-ring (bicyclic) bond motifs is 3. The minimum atomic E-state index is 1.02. The van der Waals surface area contributed by atoms with Crippen molar-refractivity contribution in [2.75, 3.05) is 0 Å². The third kappa shape index (κ3) is 1.59.